The van der Waals surface area contributed by atoms with Crippen molar-refractivity contribution in [1.29, 1.82) is 0 Å². The Kier molecular flexibility index (Phi) is 1.56. The van der Waals surface area contributed by atoms with E-state index in [1.807, 2.05) is 0 Å². The van der Waals surface area contributed by atoms with E-state index < -0.39 is 0 Å². The lowest BCUT2D eigenvalue weighted by Gasteiger charge is -2.33. The van der Waals surface area contributed by atoms with Crippen LogP contribution in [0.3, 0.4) is 0 Å². The van der Waals surface area contributed by atoms with Crippen LogP contribution in [0.4, 0.5) is 0 Å². The highest BCUT2D eigenvalue weighted by molar-refractivity contribution is 5.49. The third kappa shape index (κ3) is 1.07. The summed E-state index contributed by atoms with van der Waals surface area (Å²) in [6.45, 7) is 3.18. The predicted molar refractivity (Wildman–Crippen MR) is 39.4 cm³/mol. The smallest absolute Gasteiger partial charge is 0.233 e. The zero-order valence-electron chi connectivity index (χ0n) is 6.73. The first-order valence-electron chi connectivity index (χ1n) is 3.79. The Labute approximate surface area is 69.4 Å². The molecular weight excluding hydrogens is 158 g/mol. The average molecular weight is 167 g/mol. The van der Waals surface area contributed by atoms with Gasteiger partial charge in [0.2, 0.25) is 12.3 Å². The van der Waals surface area contributed by atoms with Crippen LogP contribution in [0.15, 0.2) is 4.52 Å². The summed E-state index contributed by atoms with van der Waals surface area (Å²) < 4.78 is 4.96. The topological polar surface area (TPSA) is 59.2 Å². The summed E-state index contributed by atoms with van der Waals surface area (Å²) in [7, 11) is 0. The average Bonchev–Trinajstić information content (AvgIpc) is 2.34. The fourth-order valence-corrected chi connectivity index (χ4v) is 1.23. The molecule has 12 heavy (non-hydrogen) atoms. The molecule has 64 valence electrons. The molecule has 1 aliphatic rings. The van der Waals surface area contributed by atoms with Crippen LogP contribution in [-0.4, -0.2) is 34.5 Å². The van der Waals surface area contributed by atoms with E-state index in [2.05, 4.69) is 10.1 Å². The Hall–Kier alpha value is -1.39. The Balaban J connectivity index is 2.00. The number of carbonyl (C=O) groups is 1. The van der Waals surface area contributed by atoms with Crippen molar-refractivity contribution < 1.29 is 9.32 Å². The first kappa shape index (κ1) is 7.27. The number of amides is 1. The summed E-state index contributed by atoms with van der Waals surface area (Å²) in [5.41, 5.74) is 0. The van der Waals surface area contributed by atoms with E-state index in [9.17, 15) is 4.79 Å². The molecule has 0 unspecified atom stereocenters. The summed E-state index contributed by atoms with van der Waals surface area (Å²) >= 11 is 0. The minimum absolute atomic E-state index is 0.247. The summed E-state index contributed by atoms with van der Waals surface area (Å²) in [5, 5.41) is 3.68. The number of hydrogen-bond acceptors (Lipinski definition) is 4. The molecule has 0 aromatic carbocycles. The van der Waals surface area contributed by atoms with Gasteiger partial charge in [-0.2, -0.15) is 4.98 Å². The molecule has 1 aliphatic heterocycles. The largest absolute Gasteiger partial charge is 0.344 e. The second kappa shape index (κ2) is 2.58. The van der Waals surface area contributed by atoms with E-state index in [-0.39, 0.29) is 5.92 Å². The molecular formula is C7H9N3O2. The minimum Gasteiger partial charge on any atom is -0.344 e. The van der Waals surface area contributed by atoms with Gasteiger partial charge in [0.15, 0.2) is 5.82 Å². The number of carbonyl (C=O) groups excluding carboxylic acids is 1. The number of aryl methyl sites for hydroxylation is 1. The van der Waals surface area contributed by atoms with Crippen LogP contribution in [0, 0.1) is 6.92 Å². The van der Waals surface area contributed by atoms with Crippen LogP contribution < -0.4 is 0 Å². The number of hydrogen-bond donors (Lipinski definition) is 0. The molecule has 2 heterocycles. The lowest BCUT2D eigenvalue weighted by Crippen LogP contribution is -2.43. The summed E-state index contributed by atoms with van der Waals surface area (Å²) in [6.07, 6.45) is 0.833. The van der Waals surface area contributed by atoms with Crippen LogP contribution in [-0.2, 0) is 4.79 Å². The molecule has 5 heteroatoms. The molecule has 1 saturated heterocycles. The van der Waals surface area contributed by atoms with Crippen LogP contribution in [0.25, 0.3) is 0 Å². The van der Waals surface area contributed by atoms with Gasteiger partial charge < -0.3 is 9.42 Å². The molecule has 1 fully saturated rings. The van der Waals surface area contributed by atoms with Crippen molar-refractivity contribution in [3.05, 3.63) is 11.7 Å². The highest BCUT2D eigenvalue weighted by Crippen LogP contribution is 2.23. The van der Waals surface area contributed by atoms with Crippen molar-refractivity contribution in [2.24, 2.45) is 0 Å². The van der Waals surface area contributed by atoms with Crippen molar-refractivity contribution in [3.8, 4) is 0 Å². The van der Waals surface area contributed by atoms with Crippen LogP contribution in [0.5, 0.6) is 0 Å². The van der Waals surface area contributed by atoms with Gasteiger partial charge in [-0.25, -0.2) is 0 Å². The molecule has 1 amide bonds. The fourth-order valence-electron chi connectivity index (χ4n) is 1.23. The van der Waals surface area contributed by atoms with Gasteiger partial charge in [0.1, 0.15) is 0 Å². The number of rotatable bonds is 2. The van der Waals surface area contributed by atoms with Crippen molar-refractivity contribution in [1.82, 2.24) is 15.0 Å². The van der Waals surface area contributed by atoms with Crippen LogP contribution >= 0.6 is 0 Å². The molecule has 0 atom stereocenters. The number of likely N-dealkylation sites (tertiary alicyclic amines) is 1. The van der Waals surface area contributed by atoms with E-state index in [0.29, 0.717) is 24.8 Å². The normalized spacial score (nSPS) is 17.6. The van der Waals surface area contributed by atoms with Crippen molar-refractivity contribution >= 4 is 6.41 Å². The Morgan fingerprint density at radius 3 is 2.92 bits per heavy atom. The third-order valence-electron chi connectivity index (χ3n) is 1.95. The van der Waals surface area contributed by atoms with E-state index in [0.717, 1.165) is 6.41 Å². The molecule has 0 spiro atoms. The molecule has 0 radical (unpaired) electrons. The van der Waals surface area contributed by atoms with Gasteiger partial charge in [0.25, 0.3) is 0 Å². The van der Waals surface area contributed by atoms with Gasteiger partial charge in [-0.15, -0.1) is 0 Å². The SMILES string of the molecule is Cc1noc(C2CN(C=O)C2)n1. The van der Waals surface area contributed by atoms with Gasteiger partial charge >= 0.3 is 0 Å². The van der Waals surface area contributed by atoms with Gasteiger partial charge in [-0.1, -0.05) is 5.16 Å². The second-order valence-electron chi connectivity index (χ2n) is 2.94. The third-order valence-corrected chi connectivity index (χ3v) is 1.95. The monoisotopic (exact) mass is 167 g/mol. The van der Waals surface area contributed by atoms with E-state index >= 15 is 0 Å². The quantitative estimate of drug-likeness (QED) is 0.579. The highest BCUT2D eigenvalue weighted by Gasteiger charge is 2.31. The summed E-state index contributed by atoms with van der Waals surface area (Å²) in [6, 6.07) is 0. The molecule has 1 aromatic heterocycles. The maximum atomic E-state index is 10.2. The minimum atomic E-state index is 0.247. The predicted octanol–water partition coefficient (Wildman–Crippen LogP) is -0.0664. The Bertz CT molecular complexity index is 291. The van der Waals surface area contributed by atoms with E-state index in [1.165, 1.54) is 0 Å². The molecule has 5 nitrogen and oxygen atoms in total. The van der Waals surface area contributed by atoms with Gasteiger partial charge in [-0.3, -0.25) is 4.79 Å². The van der Waals surface area contributed by atoms with E-state index in [1.54, 1.807) is 11.8 Å². The zero-order valence-corrected chi connectivity index (χ0v) is 6.73. The van der Waals surface area contributed by atoms with Crippen LogP contribution in [0.1, 0.15) is 17.6 Å². The fraction of sp³-hybridized carbons (Fsp3) is 0.571. The maximum absolute atomic E-state index is 10.2. The van der Waals surface area contributed by atoms with Gasteiger partial charge in [-0.05, 0) is 6.92 Å². The summed E-state index contributed by atoms with van der Waals surface area (Å²) in [5.74, 6) is 1.54. The first-order chi connectivity index (χ1) is 5.79. The standard InChI is InChI=1S/C7H9N3O2/c1-5-8-7(12-9-5)6-2-10(3-6)4-11/h4,6H,2-3H2,1H3. The maximum Gasteiger partial charge on any atom is 0.233 e. The Morgan fingerprint density at radius 1 is 1.67 bits per heavy atom. The lowest BCUT2D eigenvalue weighted by molar-refractivity contribution is -0.122. The summed E-state index contributed by atoms with van der Waals surface area (Å²) in [4.78, 5) is 16.0. The Morgan fingerprint density at radius 2 is 2.42 bits per heavy atom. The number of aromatic nitrogens is 2. The van der Waals surface area contributed by atoms with Gasteiger partial charge in [0, 0.05) is 13.1 Å². The van der Waals surface area contributed by atoms with Gasteiger partial charge in [0.05, 0.1) is 5.92 Å². The number of nitrogens with zero attached hydrogens (tertiary/aromatic N) is 3. The first-order valence-corrected chi connectivity index (χ1v) is 3.79. The molecule has 0 saturated carbocycles. The molecule has 2 rings (SSSR count). The van der Waals surface area contributed by atoms with Crippen molar-refractivity contribution in [3.63, 3.8) is 0 Å². The zero-order chi connectivity index (χ0) is 8.55. The molecule has 0 N–H and O–H groups in total. The second-order valence-corrected chi connectivity index (χ2v) is 2.94. The molecule has 0 bridgehead atoms. The highest BCUT2D eigenvalue weighted by atomic mass is 16.5. The van der Waals surface area contributed by atoms with Crippen LogP contribution in [0.2, 0.25) is 0 Å². The molecule has 0 aliphatic carbocycles. The van der Waals surface area contributed by atoms with Crippen molar-refractivity contribution in [2.75, 3.05) is 13.1 Å². The van der Waals surface area contributed by atoms with E-state index in [4.69, 9.17) is 4.52 Å². The van der Waals surface area contributed by atoms with Crippen molar-refractivity contribution in [2.45, 2.75) is 12.8 Å². The molecule has 1 aromatic rings. The lowest BCUT2D eigenvalue weighted by atomic mass is 10.0.